The Morgan fingerprint density at radius 3 is 2.48 bits per heavy atom. The minimum absolute atomic E-state index is 0.0129. The van der Waals surface area contributed by atoms with Gasteiger partial charge in [-0.15, -0.1) is 11.3 Å². The second-order valence-corrected chi connectivity index (χ2v) is 7.62. The molecule has 0 radical (unpaired) electrons. The van der Waals surface area contributed by atoms with Gasteiger partial charge >= 0.3 is 0 Å². The third-order valence-corrected chi connectivity index (χ3v) is 5.10. The van der Waals surface area contributed by atoms with E-state index < -0.39 is 5.91 Å². The number of anilines is 1. The predicted octanol–water partition coefficient (Wildman–Crippen LogP) is 5.37. The van der Waals surface area contributed by atoms with Crippen molar-refractivity contribution >= 4 is 28.5 Å². The van der Waals surface area contributed by atoms with E-state index in [0.717, 1.165) is 27.4 Å². The Kier molecular flexibility index (Phi) is 6.43. The molecule has 3 aromatic rings. The average molecular weight is 404 g/mol. The topological polar surface area (TPSA) is 75.0 Å². The van der Waals surface area contributed by atoms with Gasteiger partial charge in [0.2, 0.25) is 0 Å². The maximum atomic E-state index is 12.6. The molecule has 1 amide bonds. The fourth-order valence-electron chi connectivity index (χ4n) is 2.74. The van der Waals surface area contributed by atoms with Crippen molar-refractivity contribution in [2.24, 2.45) is 0 Å². The maximum absolute atomic E-state index is 12.6. The Morgan fingerprint density at radius 1 is 1.17 bits per heavy atom. The van der Waals surface area contributed by atoms with Crippen LogP contribution in [0.5, 0.6) is 5.75 Å². The first-order valence-electron chi connectivity index (χ1n) is 9.20. The molecule has 1 aromatic heterocycles. The molecule has 0 fully saturated rings. The summed E-state index contributed by atoms with van der Waals surface area (Å²) in [5.41, 5.74) is 3.76. The Morgan fingerprint density at radius 2 is 1.86 bits per heavy atom. The van der Waals surface area contributed by atoms with Crippen LogP contribution in [0.4, 0.5) is 5.13 Å². The Balaban J connectivity index is 1.77. The van der Waals surface area contributed by atoms with Crippen molar-refractivity contribution in [2.45, 2.75) is 20.8 Å². The molecule has 6 heteroatoms. The van der Waals surface area contributed by atoms with E-state index in [4.69, 9.17) is 4.74 Å². The van der Waals surface area contributed by atoms with Crippen LogP contribution in [0.1, 0.15) is 22.9 Å². The molecule has 29 heavy (non-hydrogen) atoms. The fourth-order valence-corrected chi connectivity index (χ4v) is 3.57. The molecule has 146 valence electrons. The molecule has 3 rings (SSSR count). The molecular formula is C23H21N3O2S. The van der Waals surface area contributed by atoms with Crippen LogP contribution in [-0.2, 0) is 4.79 Å². The lowest BCUT2D eigenvalue weighted by atomic mass is 10.1. The Bertz CT molecular complexity index is 1070. The SMILES string of the molecule is CCOc1ccc(/C=C(\C#N)C(=O)Nc2nc(-c3ccc(C)cc3)c(C)s2)cc1. The Labute approximate surface area is 174 Å². The van der Waals surface area contributed by atoms with Crippen molar-refractivity contribution in [3.63, 3.8) is 0 Å². The fraction of sp³-hybridized carbons (Fsp3) is 0.174. The number of amides is 1. The lowest BCUT2D eigenvalue weighted by molar-refractivity contribution is -0.112. The maximum Gasteiger partial charge on any atom is 0.268 e. The monoisotopic (exact) mass is 403 g/mol. The first-order valence-corrected chi connectivity index (χ1v) is 10.0. The summed E-state index contributed by atoms with van der Waals surface area (Å²) in [4.78, 5) is 18.1. The molecule has 0 atom stereocenters. The number of nitrogens with zero attached hydrogens (tertiary/aromatic N) is 2. The van der Waals surface area contributed by atoms with E-state index >= 15 is 0 Å². The molecule has 1 N–H and O–H groups in total. The molecule has 0 spiro atoms. The van der Waals surface area contributed by atoms with Gasteiger partial charge in [-0.25, -0.2) is 4.98 Å². The number of carbonyl (C=O) groups excluding carboxylic acids is 1. The van der Waals surface area contributed by atoms with E-state index in [0.29, 0.717) is 11.7 Å². The highest BCUT2D eigenvalue weighted by molar-refractivity contribution is 7.16. The third-order valence-electron chi connectivity index (χ3n) is 4.21. The number of nitrogens with one attached hydrogen (secondary N) is 1. The Hall–Kier alpha value is -3.43. The lowest BCUT2D eigenvalue weighted by Crippen LogP contribution is -2.13. The summed E-state index contributed by atoms with van der Waals surface area (Å²) < 4.78 is 5.40. The van der Waals surface area contributed by atoms with E-state index in [2.05, 4.69) is 10.3 Å². The van der Waals surface area contributed by atoms with Crippen LogP contribution in [0, 0.1) is 25.2 Å². The normalized spacial score (nSPS) is 11.0. The largest absolute Gasteiger partial charge is 0.494 e. The number of aryl methyl sites for hydroxylation is 2. The van der Waals surface area contributed by atoms with Gasteiger partial charge in [0, 0.05) is 10.4 Å². The zero-order valence-corrected chi connectivity index (χ0v) is 17.3. The van der Waals surface area contributed by atoms with Crippen molar-refractivity contribution in [2.75, 3.05) is 11.9 Å². The summed E-state index contributed by atoms with van der Waals surface area (Å²) >= 11 is 1.39. The number of nitriles is 1. The summed E-state index contributed by atoms with van der Waals surface area (Å²) in [6, 6.07) is 17.3. The second-order valence-electron chi connectivity index (χ2n) is 6.42. The molecular weight excluding hydrogens is 382 g/mol. The molecule has 0 saturated carbocycles. The highest BCUT2D eigenvalue weighted by Gasteiger charge is 2.15. The highest BCUT2D eigenvalue weighted by Crippen LogP contribution is 2.30. The number of benzene rings is 2. The molecule has 0 aliphatic rings. The van der Waals surface area contributed by atoms with Gasteiger partial charge in [0.15, 0.2) is 5.13 Å². The third kappa shape index (κ3) is 5.09. The number of hydrogen-bond acceptors (Lipinski definition) is 5. The molecule has 5 nitrogen and oxygen atoms in total. The average Bonchev–Trinajstić information content (AvgIpc) is 3.08. The first kappa shape index (κ1) is 20.3. The second kappa shape index (κ2) is 9.18. The van der Waals surface area contributed by atoms with Crippen molar-refractivity contribution in [1.82, 2.24) is 4.98 Å². The zero-order chi connectivity index (χ0) is 20.8. The van der Waals surface area contributed by atoms with Crippen LogP contribution in [-0.4, -0.2) is 17.5 Å². The summed E-state index contributed by atoms with van der Waals surface area (Å²) in [6.07, 6.45) is 1.55. The highest BCUT2D eigenvalue weighted by atomic mass is 32.1. The summed E-state index contributed by atoms with van der Waals surface area (Å²) in [5, 5.41) is 12.6. The number of hydrogen-bond donors (Lipinski definition) is 1. The summed E-state index contributed by atoms with van der Waals surface area (Å²) in [6.45, 7) is 6.49. The molecule has 0 aliphatic heterocycles. The van der Waals surface area contributed by atoms with Gasteiger partial charge in [-0.3, -0.25) is 10.1 Å². The number of carbonyl (C=O) groups is 1. The van der Waals surface area contributed by atoms with Gasteiger partial charge in [-0.1, -0.05) is 42.0 Å². The van der Waals surface area contributed by atoms with E-state index in [-0.39, 0.29) is 5.57 Å². The van der Waals surface area contributed by atoms with Gasteiger partial charge in [0.1, 0.15) is 17.4 Å². The van der Waals surface area contributed by atoms with Crippen molar-refractivity contribution in [1.29, 1.82) is 5.26 Å². The van der Waals surface area contributed by atoms with Crippen LogP contribution >= 0.6 is 11.3 Å². The zero-order valence-electron chi connectivity index (χ0n) is 16.5. The van der Waals surface area contributed by atoms with Crippen LogP contribution < -0.4 is 10.1 Å². The summed E-state index contributed by atoms with van der Waals surface area (Å²) in [5.74, 6) is 0.264. The molecule has 0 unspecified atom stereocenters. The van der Waals surface area contributed by atoms with Crippen LogP contribution in [0.3, 0.4) is 0 Å². The molecule has 0 bridgehead atoms. The van der Waals surface area contributed by atoms with Gasteiger partial charge in [-0.2, -0.15) is 5.26 Å². The molecule has 0 saturated heterocycles. The standard InChI is InChI=1S/C23H21N3O2S/c1-4-28-20-11-7-17(8-12-20)13-19(14-24)22(27)26-23-25-21(16(3)29-23)18-9-5-15(2)6-10-18/h5-13H,4H2,1-3H3,(H,25,26,27)/b19-13+. The van der Waals surface area contributed by atoms with Crippen molar-refractivity contribution < 1.29 is 9.53 Å². The van der Waals surface area contributed by atoms with E-state index in [1.54, 1.807) is 30.3 Å². The van der Waals surface area contributed by atoms with Crippen LogP contribution in [0.2, 0.25) is 0 Å². The van der Waals surface area contributed by atoms with Crippen LogP contribution in [0.15, 0.2) is 54.1 Å². The number of ether oxygens (including phenoxy) is 1. The van der Waals surface area contributed by atoms with E-state index in [1.807, 2.05) is 51.1 Å². The smallest absolute Gasteiger partial charge is 0.268 e. The first-order chi connectivity index (χ1) is 14.0. The van der Waals surface area contributed by atoms with Crippen molar-refractivity contribution in [3.05, 3.63) is 70.1 Å². The molecule has 0 aliphatic carbocycles. The quantitative estimate of drug-likeness (QED) is 0.443. The number of aromatic nitrogens is 1. The molecule has 2 aromatic carbocycles. The van der Waals surface area contributed by atoms with Gasteiger partial charge in [0.05, 0.1) is 12.3 Å². The predicted molar refractivity (Wildman–Crippen MR) is 117 cm³/mol. The minimum Gasteiger partial charge on any atom is -0.494 e. The van der Waals surface area contributed by atoms with E-state index in [1.165, 1.54) is 16.9 Å². The van der Waals surface area contributed by atoms with Gasteiger partial charge in [0.25, 0.3) is 5.91 Å². The lowest BCUT2D eigenvalue weighted by Gasteiger charge is -2.03. The minimum atomic E-state index is -0.481. The summed E-state index contributed by atoms with van der Waals surface area (Å²) in [7, 11) is 0. The number of thiazole rings is 1. The van der Waals surface area contributed by atoms with E-state index in [9.17, 15) is 10.1 Å². The van der Waals surface area contributed by atoms with Crippen molar-refractivity contribution in [3.8, 4) is 23.1 Å². The molecule has 1 heterocycles. The van der Waals surface area contributed by atoms with Gasteiger partial charge < -0.3 is 4.74 Å². The van der Waals surface area contributed by atoms with Gasteiger partial charge in [-0.05, 0) is 44.5 Å². The number of rotatable bonds is 6. The van der Waals surface area contributed by atoms with Crippen LogP contribution in [0.25, 0.3) is 17.3 Å².